The molecule has 1 aromatic rings. The van der Waals surface area contributed by atoms with E-state index in [0.717, 1.165) is 55.9 Å². The van der Waals surface area contributed by atoms with E-state index >= 15 is 0 Å². The van der Waals surface area contributed by atoms with Crippen LogP contribution in [0.1, 0.15) is 38.2 Å². The van der Waals surface area contributed by atoms with Gasteiger partial charge in [0, 0.05) is 30.0 Å². The molecule has 1 aliphatic heterocycles. The Kier molecular flexibility index (Phi) is 7.71. The Morgan fingerprint density at radius 3 is 2.81 bits per heavy atom. The maximum absolute atomic E-state index is 5.70. The molecule has 26 heavy (non-hydrogen) atoms. The molecule has 1 heterocycles. The van der Waals surface area contributed by atoms with E-state index in [9.17, 15) is 0 Å². The third-order valence-electron chi connectivity index (χ3n) is 5.07. The molecule has 3 rings (SSSR count). The first-order chi connectivity index (χ1) is 12.7. The van der Waals surface area contributed by atoms with Crippen LogP contribution in [0.25, 0.3) is 6.08 Å². The summed E-state index contributed by atoms with van der Waals surface area (Å²) >= 11 is 3.49. The zero-order chi connectivity index (χ0) is 18.2. The monoisotopic (exact) mass is 420 g/mol. The molecule has 0 aromatic heterocycles. The Morgan fingerprint density at radius 1 is 1.27 bits per heavy atom. The number of morpholine rings is 1. The van der Waals surface area contributed by atoms with E-state index in [0.29, 0.717) is 12.5 Å². The summed E-state index contributed by atoms with van der Waals surface area (Å²) in [6.45, 7) is 7.77. The van der Waals surface area contributed by atoms with Crippen LogP contribution in [0.15, 0.2) is 39.5 Å². The molecule has 4 nitrogen and oxygen atoms in total. The van der Waals surface area contributed by atoms with Crippen molar-refractivity contribution < 1.29 is 9.57 Å². The van der Waals surface area contributed by atoms with Crippen molar-refractivity contribution in [2.45, 2.75) is 32.6 Å². The SMILES string of the molecule is CC1CCCC(=C\c2ccc(Br)cc2)/C1=N/OCCCN1CCOCC1. The summed E-state index contributed by atoms with van der Waals surface area (Å²) in [7, 11) is 0. The largest absolute Gasteiger partial charge is 0.396 e. The highest BCUT2D eigenvalue weighted by atomic mass is 79.9. The lowest BCUT2D eigenvalue weighted by Crippen LogP contribution is -2.37. The molecule has 0 radical (unpaired) electrons. The van der Waals surface area contributed by atoms with Crippen molar-refractivity contribution in [3.63, 3.8) is 0 Å². The predicted molar refractivity (Wildman–Crippen MR) is 110 cm³/mol. The number of halogens is 1. The topological polar surface area (TPSA) is 34.1 Å². The molecule has 2 fully saturated rings. The maximum atomic E-state index is 5.70. The summed E-state index contributed by atoms with van der Waals surface area (Å²) in [5.74, 6) is 0.463. The summed E-state index contributed by atoms with van der Waals surface area (Å²) < 4.78 is 6.49. The van der Waals surface area contributed by atoms with Gasteiger partial charge in [0.1, 0.15) is 6.61 Å². The van der Waals surface area contributed by atoms with Gasteiger partial charge in [0.2, 0.25) is 0 Å². The zero-order valence-electron chi connectivity index (χ0n) is 15.6. The van der Waals surface area contributed by atoms with E-state index in [-0.39, 0.29) is 0 Å². The van der Waals surface area contributed by atoms with E-state index in [1.807, 2.05) is 0 Å². The highest BCUT2D eigenvalue weighted by molar-refractivity contribution is 9.10. The number of oxime groups is 1. The molecule has 2 aliphatic rings. The van der Waals surface area contributed by atoms with Gasteiger partial charge in [-0.3, -0.25) is 4.90 Å². The first-order valence-electron chi connectivity index (χ1n) is 9.69. The minimum atomic E-state index is 0.463. The van der Waals surface area contributed by atoms with Crippen molar-refractivity contribution in [2.75, 3.05) is 39.5 Å². The molecule has 1 saturated carbocycles. The third kappa shape index (κ3) is 5.93. The molecule has 1 aromatic carbocycles. The highest BCUT2D eigenvalue weighted by Crippen LogP contribution is 2.28. The van der Waals surface area contributed by atoms with Crippen molar-refractivity contribution in [3.8, 4) is 0 Å². The van der Waals surface area contributed by atoms with Crippen LogP contribution in [-0.2, 0) is 9.57 Å². The Bertz CT molecular complexity index is 621. The minimum Gasteiger partial charge on any atom is -0.396 e. The third-order valence-corrected chi connectivity index (χ3v) is 5.60. The van der Waals surface area contributed by atoms with E-state index in [1.54, 1.807) is 0 Å². The van der Waals surface area contributed by atoms with Crippen LogP contribution in [0.3, 0.4) is 0 Å². The lowest BCUT2D eigenvalue weighted by Gasteiger charge is -2.26. The number of benzene rings is 1. The summed E-state index contributed by atoms with van der Waals surface area (Å²) in [5.41, 5.74) is 3.67. The zero-order valence-corrected chi connectivity index (χ0v) is 17.2. The number of nitrogens with zero attached hydrogens (tertiary/aromatic N) is 2. The van der Waals surface area contributed by atoms with Crippen LogP contribution in [0.2, 0.25) is 0 Å². The van der Waals surface area contributed by atoms with Crippen molar-refractivity contribution in [1.29, 1.82) is 0 Å². The van der Waals surface area contributed by atoms with Gasteiger partial charge in [-0.25, -0.2) is 0 Å². The second-order valence-corrected chi connectivity index (χ2v) is 8.05. The fourth-order valence-corrected chi connectivity index (χ4v) is 3.79. The van der Waals surface area contributed by atoms with Gasteiger partial charge in [-0.1, -0.05) is 40.1 Å². The van der Waals surface area contributed by atoms with Gasteiger partial charge in [-0.15, -0.1) is 0 Å². The van der Waals surface area contributed by atoms with Crippen LogP contribution in [-0.4, -0.2) is 50.1 Å². The standard InChI is InChI=1S/C21H29BrN2O2/c1-17-4-2-5-19(16-18-6-8-20(22)9-7-18)21(17)23-26-13-3-10-24-11-14-25-15-12-24/h6-9,16-17H,2-5,10-15H2,1H3/b19-16+,23-21+. The number of allylic oxidation sites excluding steroid dienone is 1. The first-order valence-corrected chi connectivity index (χ1v) is 10.5. The molecule has 0 bridgehead atoms. The molecule has 0 spiro atoms. The Labute approximate surface area is 165 Å². The van der Waals surface area contributed by atoms with Crippen molar-refractivity contribution >= 4 is 27.7 Å². The average molecular weight is 421 g/mol. The van der Waals surface area contributed by atoms with Gasteiger partial charge >= 0.3 is 0 Å². The predicted octanol–water partition coefficient (Wildman–Crippen LogP) is 4.75. The lowest BCUT2D eigenvalue weighted by molar-refractivity contribution is 0.0322. The number of hydrogen-bond donors (Lipinski definition) is 0. The molecule has 1 aliphatic carbocycles. The summed E-state index contributed by atoms with van der Waals surface area (Å²) in [6, 6.07) is 8.43. The minimum absolute atomic E-state index is 0.463. The quantitative estimate of drug-likeness (QED) is 0.491. The average Bonchev–Trinajstić information content (AvgIpc) is 2.66. The van der Waals surface area contributed by atoms with Crippen LogP contribution >= 0.6 is 15.9 Å². The van der Waals surface area contributed by atoms with Gasteiger partial charge in [-0.05, 0) is 55.0 Å². The van der Waals surface area contributed by atoms with Crippen LogP contribution in [0.4, 0.5) is 0 Å². The number of rotatable bonds is 6. The Hall–Kier alpha value is -1.17. The van der Waals surface area contributed by atoms with Crippen LogP contribution < -0.4 is 0 Å². The number of hydrogen-bond acceptors (Lipinski definition) is 4. The maximum Gasteiger partial charge on any atom is 0.118 e. The van der Waals surface area contributed by atoms with Crippen molar-refractivity contribution in [1.82, 2.24) is 4.90 Å². The molecule has 5 heteroatoms. The Balaban J connectivity index is 1.55. The van der Waals surface area contributed by atoms with E-state index in [4.69, 9.17) is 9.57 Å². The lowest BCUT2D eigenvalue weighted by atomic mass is 9.84. The molecule has 1 atom stereocenters. The molecule has 142 valence electrons. The molecular formula is C21H29BrN2O2. The molecule has 1 saturated heterocycles. The first kappa shape index (κ1) is 19.6. The summed E-state index contributed by atoms with van der Waals surface area (Å²) in [4.78, 5) is 8.14. The van der Waals surface area contributed by atoms with Gasteiger partial charge in [0.25, 0.3) is 0 Å². The van der Waals surface area contributed by atoms with Crippen LogP contribution in [0, 0.1) is 5.92 Å². The van der Waals surface area contributed by atoms with E-state index in [2.05, 4.69) is 63.3 Å². The van der Waals surface area contributed by atoms with Gasteiger partial charge < -0.3 is 9.57 Å². The summed E-state index contributed by atoms with van der Waals surface area (Å²) in [5, 5.41) is 4.54. The number of ether oxygens (including phenoxy) is 1. The molecule has 1 unspecified atom stereocenters. The van der Waals surface area contributed by atoms with E-state index < -0.39 is 0 Å². The fourth-order valence-electron chi connectivity index (χ4n) is 3.53. The van der Waals surface area contributed by atoms with Crippen molar-refractivity contribution in [3.05, 3.63) is 39.9 Å². The normalized spacial score (nSPS) is 24.9. The van der Waals surface area contributed by atoms with Crippen molar-refractivity contribution in [2.24, 2.45) is 11.1 Å². The Morgan fingerprint density at radius 2 is 2.04 bits per heavy atom. The highest BCUT2D eigenvalue weighted by Gasteiger charge is 2.21. The smallest absolute Gasteiger partial charge is 0.118 e. The molecule has 0 N–H and O–H groups in total. The van der Waals surface area contributed by atoms with Gasteiger partial charge in [0.15, 0.2) is 0 Å². The summed E-state index contributed by atoms with van der Waals surface area (Å²) in [6.07, 6.45) is 6.76. The fraction of sp³-hybridized carbons (Fsp3) is 0.571. The molecule has 0 amide bonds. The van der Waals surface area contributed by atoms with Gasteiger partial charge in [0.05, 0.1) is 18.9 Å². The van der Waals surface area contributed by atoms with Crippen LogP contribution in [0.5, 0.6) is 0 Å². The second-order valence-electron chi connectivity index (χ2n) is 7.13. The van der Waals surface area contributed by atoms with Gasteiger partial charge in [-0.2, -0.15) is 0 Å². The molecular weight excluding hydrogens is 392 g/mol. The second kappa shape index (κ2) is 10.2. The van der Waals surface area contributed by atoms with E-state index in [1.165, 1.54) is 24.0 Å².